The lowest BCUT2D eigenvalue weighted by molar-refractivity contribution is -0.118. The molecule has 1 fully saturated rings. The molecular formula is C17H27N3O. The highest BCUT2D eigenvalue weighted by Gasteiger charge is 2.22. The van der Waals surface area contributed by atoms with Crippen LogP contribution in [0.1, 0.15) is 45.1 Å². The Morgan fingerprint density at radius 1 is 1.38 bits per heavy atom. The number of anilines is 2. The minimum Gasteiger partial charge on any atom is -0.398 e. The van der Waals surface area contributed by atoms with E-state index in [0.717, 1.165) is 36.3 Å². The monoisotopic (exact) mass is 289 g/mol. The Labute approximate surface area is 127 Å². The van der Waals surface area contributed by atoms with Crippen LogP contribution in [0.25, 0.3) is 0 Å². The van der Waals surface area contributed by atoms with E-state index in [-0.39, 0.29) is 5.91 Å². The number of likely N-dealkylation sites (tertiary alicyclic amines) is 1. The van der Waals surface area contributed by atoms with Crippen molar-refractivity contribution in [2.45, 2.75) is 52.0 Å². The van der Waals surface area contributed by atoms with Crippen LogP contribution in [0, 0.1) is 0 Å². The molecule has 1 aromatic rings. The van der Waals surface area contributed by atoms with Crippen LogP contribution in [-0.4, -0.2) is 29.9 Å². The van der Waals surface area contributed by atoms with Gasteiger partial charge >= 0.3 is 0 Å². The summed E-state index contributed by atoms with van der Waals surface area (Å²) in [6.07, 6.45) is 5.72. The number of hydrogen-bond acceptors (Lipinski definition) is 3. The highest BCUT2D eigenvalue weighted by atomic mass is 16.2. The number of hydrogen-bond donors (Lipinski definition) is 2. The first-order valence-corrected chi connectivity index (χ1v) is 8.06. The van der Waals surface area contributed by atoms with Crippen molar-refractivity contribution in [2.75, 3.05) is 24.1 Å². The predicted molar refractivity (Wildman–Crippen MR) is 88.4 cm³/mol. The molecule has 1 unspecified atom stereocenters. The highest BCUT2D eigenvalue weighted by Crippen LogP contribution is 2.20. The van der Waals surface area contributed by atoms with E-state index in [0.29, 0.717) is 12.6 Å². The summed E-state index contributed by atoms with van der Waals surface area (Å²) in [7, 11) is 0. The molecule has 3 N–H and O–H groups in total. The highest BCUT2D eigenvalue weighted by molar-refractivity contribution is 5.92. The van der Waals surface area contributed by atoms with Crippen molar-refractivity contribution in [3.8, 4) is 0 Å². The van der Waals surface area contributed by atoms with Gasteiger partial charge in [0.05, 0.1) is 6.54 Å². The molecule has 4 heteroatoms. The van der Waals surface area contributed by atoms with Gasteiger partial charge in [-0.3, -0.25) is 9.69 Å². The Kier molecular flexibility index (Phi) is 5.62. The lowest BCUT2D eigenvalue weighted by Crippen LogP contribution is -2.43. The summed E-state index contributed by atoms with van der Waals surface area (Å²) in [5.74, 6) is 0.0546. The Balaban J connectivity index is 1.93. The van der Waals surface area contributed by atoms with Gasteiger partial charge in [-0.2, -0.15) is 0 Å². The van der Waals surface area contributed by atoms with Gasteiger partial charge in [-0.05, 0) is 49.9 Å². The zero-order valence-electron chi connectivity index (χ0n) is 13.2. The minimum absolute atomic E-state index is 0.0546. The number of aryl methyl sites for hydroxylation is 1. The van der Waals surface area contributed by atoms with Gasteiger partial charge in [-0.25, -0.2) is 0 Å². The van der Waals surface area contributed by atoms with Crippen LogP contribution in [0.15, 0.2) is 18.2 Å². The van der Waals surface area contributed by atoms with Crippen LogP contribution in [0.2, 0.25) is 0 Å². The Morgan fingerprint density at radius 2 is 2.19 bits per heavy atom. The number of carbonyl (C=O) groups is 1. The molecule has 1 amide bonds. The molecule has 1 aliphatic heterocycles. The average molecular weight is 289 g/mol. The van der Waals surface area contributed by atoms with Gasteiger partial charge in [0.25, 0.3) is 0 Å². The van der Waals surface area contributed by atoms with Gasteiger partial charge in [0.15, 0.2) is 0 Å². The predicted octanol–water partition coefficient (Wildman–Crippen LogP) is 3.03. The Bertz CT molecular complexity index is 487. The zero-order chi connectivity index (χ0) is 15.2. The lowest BCUT2D eigenvalue weighted by Gasteiger charge is -2.34. The first-order chi connectivity index (χ1) is 10.1. The van der Waals surface area contributed by atoms with Crippen LogP contribution >= 0.6 is 0 Å². The number of rotatable bonds is 5. The second-order valence-corrected chi connectivity index (χ2v) is 5.84. The molecule has 1 aromatic carbocycles. The topological polar surface area (TPSA) is 58.4 Å². The van der Waals surface area contributed by atoms with Crippen molar-refractivity contribution in [3.05, 3.63) is 23.8 Å². The molecule has 1 aliphatic rings. The molecule has 0 saturated carbocycles. The fourth-order valence-electron chi connectivity index (χ4n) is 3.11. The van der Waals surface area contributed by atoms with Crippen molar-refractivity contribution >= 4 is 17.3 Å². The average Bonchev–Trinajstić information content (AvgIpc) is 2.48. The van der Waals surface area contributed by atoms with Crippen molar-refractivity contribution < 1.29 is 4.79 Å². The molecule has 2 rings (SSSR count). The maximum atomic E-state index is 12.2. The lowest BCUT2D eigenvalue weighted by atomic mass is 10.00. The van der Waals surface area contributed by atoms with E-state index in [1.165, 1.54) is 19.3 Å². The number of amides is 1. The minimum atomic E-state index is 0.0546. The number of benzene rings is 1. The van der Waals surface area contributed by atoms with Crippen molar-refractivity contribution in [2.24, 2.45) is 0 Å². The van der Waals surface area contributed by atoms with Crippen LogP contribution in [0.4, 0.5) is 11.4 Å². The molecule has 0 spiro atoms. The van der Waals surface area contributed by atoms with Gasteiger partial charge in [0.2, 0.25) is 5.91 Å². The second kappa shape index (κ2) is 7.46. The van der Waals surface area contributed by atoms with E-state index in [4.69, 9.17) is 5.73 Å². The molecule has 4 nitrogen and oxygen atoms in total. The van der Waals surface area contributed by atoms with Crippen LogP contribution < -0.4 is 11.1 Å². The summed E-state index contributed by atoms with van der Waals surface area (Å²) >= 11 is 0. The molecule has 1 heterocycles. The first kappa shape index (κ1) is 15.8. The van der Waals surface area contributed by atoms with Gasteiger partial charge in [0.1, 0.15) is 0 Å². The van der Waals surface area contributed by atoms with Crippen LogP contribution in [0.5, 0.6) is 0 Å². The summed E-state index contributed by atoms with van der Waals surface area (Å²) in [5.41, 5.74) is 8.64. The van der Waals surface area contributed by atoms with Crippen molar-refractivity contribution in [1.29, 1.82) is 0 Å². The summed E-state index contributed by atoms with van der Waals surface area (Å²) in [4.78, 5) is 14.5. The third-order valence-corrected chi connectivity index (χ3v) is 4.38. The molecule has 0 aromatic heterocycles. The first-order valence-electron chi connectivity index (χ1n) is 8.06. The number of nitrogens with two attached hydrogens (primary N) is 1. The Morgan fingerprint density at radius 3 is 2.86 bits per heavy atom. The molecule has 0 aliphatic carbocycles. The largest absolute Gasteiger partial charge is 0.398 e. The number of carbonyl (C=O) groups excluding carboxylic acids is 1. The van der Waals surface area contributed by atoms with Gasteiger partial charge in [-0.15, -0.1) is 0 Å². The molecule has 0 radical (unpaired) electrons. The molecule has 116 valence electrons. The third-order valence-electron chi connectivity index (χ3n) is 4.38. The molecule has 1 atom stereocenters. The van der Waals surface area contributed by atoms with Crippen LogP contribution in [0.3, 0.4) is 0 Å². The maximum Gasteiger partial charge on any atom is 0.238 e. The molecule has 21 heavy (non-hydrogen) atoms. The number of nitrogens with zero attached hydrogens (tertiary/aromatic N) is 1. The van der Waals surface area contributed by atoms with Gasteiger partial charge in [-0.1, -0.05) is 26.3 Å². The van der Waals surface area contributed by atoms with E-state index in [1.54, 1.807) is 0 Å². The molecular weight excluding hydrogens is 262 g/mol. The van der Waals surface area contributed by atoms with Crippen molar-refractivity contribution in [1.82, 2.24) is 4.90 Å². The molecule has 1 saturated heterocycles. The van der Waals surface area contributed by atoms with E-state index in [9.17, 15) is 4.79 Å². The van der Waals surface area contributed by atoms with E-state index < -0.39 is 0 Å². The summed E-state index contributed by atoms with van der Waals surface area (Å²) in [6.45, 7) is 5.78. The number of piperidine rings is 1. The second-order valence-electron chi connectivity index (χ2n) is 5.84. The quantitative estimate of drug-likeness (QED) is 0.819. The molecule has 0 bridgehead atoms. The number of nitrogens with one attached hydrogen (secondary N) is 1. The normalized spacial score (nSPS) is 19.4. The van der Waals surface area contributed by atoms with Crippen molar-refractivity contribution in [3.63, 3.8) is 0 Å². The van der Waals surface area contributed by atoms with Gasteiger partial charge < -0.3 is 11.1 Å². The smallest absolute Gasteiger partial charge is 0.238 e. The third kappa shape index (κ3) is 4.21. The Hall–Kier alpha value is -1.55. The van der Waals surface area contributed by atoms with E-state index in [1.807, 2.05) is 18.2 Å². The van der Waals surface area contributed by atoms with Gasteiger partial charge in [0, 0.05) is 17.4 Å². The van der Waals surface area contributed by atoms with E-state index >= 15 is 0 Å². The van der Waals surface area contributed by atoms with Crippen LogP contribution in [-0.2, 0) is 11.2 Å². The zero-order valence-corrected chi connectivity index (χ0v) is 13.2. The SMILES string of the molecule is CCc1ccc(NC(=O)CN2CCCCC2CC)cc1N. The fourth-order valence-corrected chi connectivity index (χ4v) is 3.11. The summed E-state index contributed by atoms with van der Waals surface area (Å²) in [6, 6.07) is 6.32. The summed E-state index contributed by atoms with van der Waals surface area (Å²) < 4.78 is 0. The summed E-state index contributed by atoms with van der Waals surface area (Å²) in [5, 5.41) is 2.97. The fraction of sp³-hybridized carbons (Fsp3) is 0.588. The maximum absolute atomic E-state index is 12.2. The van der Waals surface area contributed by atoms with E-state index in [2.05, 4.69) is 24.1 Å². The standard InChI is InChI=1S/C17H27N3O/c1-3-13-8-9-14(11-16(13)18)19-17(21)12-20-10-6-5-7-15(20)4-2/h8-9,11,15H,3-7,10,12,18H2,1-2H3,(H,19,21). The number of nitrogen functional groups attached to an aromatic ring is 1.